The van der Waals surface area contributed by atoms with Crippen LogP contribution >= 0.6 is 0 Å². The van der Waals surface area contributed by atoms with Crippen LogP contribution in [-0.4, -0.2) is 67.8 Å². The van der Waals surface area contributed by atoms with Crippen molar-refractivity contribution in [1.82, 2.24) is 0 Å². The van der Waals surface area contributed by atoms with Gasteiger partial charge in [0.05, 0.1) is 12.7 Å². The standard InChI is InChI=1S/C44H68O10/c1-25(2)30-14-19-44(24-50-27(4)46)21-20-42(10)31(38(30)44)12-13-35-41(9)17-16-36(40(7,8)34(41)15-18-43(35,42)11)54-37-22-32(51-28(5)47)39(52-29(6)48)33(53-37)23-49-26(3)45/h30-39H,1,12-24H2,2-11H3/t30-,31+,32-,33-,34-,35+,36-,37-,38+,39+,41-,42+,43+,44+/m0/s1. The molecule has 10 nitrogen and oxygen atoms in total. The molecule has 0 unspecified atom stereocenters. The quantitative estimate of drug-likeness (QED) is 0.0986. The lowest BCUT2D eigenvalue weighted by Gasteiger charge is -2.73. The summed E-state index contributed by atoms with van der Waals surface area (Å²) < 4.78 is 35.7. The summed E-state index contributed by atoms with van der Waals surface area (Å²) in [6, 6.07) is 0. The van der Waals surface area contributed by atoms with Crippen LogP contribution < -0.4 is 0 Å². The highest BCUT2D eigenvalue weighted by molar-refractivity contribution is 5.68. The van der Waals surface area contributed by atoms with Gasteiger partial charge in [0.2, 0.25) is 0 Å². The number of rotatable bonds is 9. The van der Waals surface area contributed by atoms with Gasteiger partial charge in [0.25, 0.3) is 0 Å². The van der Waals surface area contributed by atoms with Crippen LogP contribution in [0.3, 0.4) is 0 Å². The molecule has 10 heteroatoms. The van der Waals surface area contributed by atoms with Crippen LogP contribution in [0.15, 0.2) is 12.2 Å². The number of allylic oxidation sites excluding steroid dienone is 1. The summed E-state index contributed by atoms with van der Waals surface area (Å²) in [5.41, 5.74) is 1.66. The zero-order valence-corrected chi connectivity index (χ0v) is 34.8. The van der Waals surface area contributed by atoms with E-state index in [4.69, 9.17) is 28.4 Å². The molecule has 1 saturated heterocycles. The molecule has 0 radical (unpaired) electrons. The van der Waals surface area contributed by atoms with Gasteiger partial charge in [0.15, 0.2) is 12.4 Å². The molecule has 6 fully saturated rings. The monoisotopic (exact) mass is 756 g/mol. The van der Waals surface area contributed by atoms with Crippen molar-refractivity contribution >= 4 is 23.9 Å². The molecule has 304 valence electrons. The lowest BCUT2D eigenvalue weighted by atomic mass is 9.32. The molecule has 0 spiro atoms. The second-order valence-electron chi connectivity index (χ2n) is 19.7. The molecule has 6 aliphatic rings. The molecular weight excluding hydrogens is 688 g/mol. The van der Waals surface area contributed by atoms with Gasteiger partial charge < -0.3 is 28.4 Å². The normalized spacial score (nSPS) is 45.0. The predicted octanol–water partition coefficient (Wildman–Crippen LogP) is 8.13. The highest BCUT2D eigenvalue weighted by Crippen LogP contribution is 2.77. The van der Waals surface area contributed by atoms with E-state index in [-0.39, 0.29) is 52.2 Å². The first kappa shape index (κ1) is 41.2. The zero-order valence-electron chi connectivity index (χ0n) is 34.8. The lowest BCUT2D eigenvalue weighted by molar-refractivity contribution is -0.304. The largest absolute Gasteiger partial charge is 0.465 e. The molecule has 1 aliphatic heterocycles. The van der Waals surface area contributed by atoms with E-state index in [0.717, 1.165) is 38.5 Å². The van der Waals surface area contributed by atoms with Gasteiger partial charge in [-0.3, -0.25) is 19.2 Å². The highest BCUT2D eigenvalue weighted by Gasteiger charge is 2.71. The third kappa shape index (κ3) is 6.96. The summed E-state index contributed by atoms with van der Waals surface area (Å²) in [5.74, 6) is 0.854. The summed E-state index contributed by atoms with van der Waals surface area (Å²) >= 11 is 0. The SMILES string of the molecule is C=C(C)[C@@H]1CC[C@]2(COC(C)=O)CC[C@]3(C)[C@H](CC[C@@H]4[C@@]5(C)CC[C@H](O[C@H]6C[C@H](OC(C)=O)[C@@H](OC(C)=O)[C@H](COC(C)=O)O6)C(C)(C)[C@@H]5CC[C@]43C)[C@@H]12. The van der Waals surface area contributed by atoms with E-state index in [9.17, 15) is 19.2 Å². The average Bonchev–Trinajstić information content (AvgIpc) is 3.45. The minimum atomic E-state index is -0.928. The van der Waals surface area contributed by atoms with Crippen LogP contribution in [0.2, 0.25) is 0 Å². The van der Waals surface area contributed by atoms with Gasteiger partial charge >= 0.3 is 23.9 Å². The Hall–Kier alpha value is -2.46. The van der Waals surface area contributed by atoms with Gasteiger partial charge in [0.1, 0.15) is 18.8 Å². The maximum absolute atomic E-state index is 12.2. The molecule has 0 aromatic rings. The van der Waals surface area contributed by atoms with Crippen molar-refractivity contribution in [2.45, 2.75) is 171 Å². The minimum Gasteiger partial charge on any atom is -0.465 e. The number of carbonyl (C=O) groups excluding carboxylic acids is 4. The van der Waals surface area contributed by atoms with Crippen molar-refractivity contribution in [3.05, 3.63) is 12.2 Å². The molecule has 54 heavy (non-hydrogen) atoms. The molecule has 14 atom stereocenters. The van der Waals surface area contributed by atoms with E-state index in [1.807, 2.05) is 0 Å². The van der Waals surface area contributed by atoms with Crippen LogP contribution in [-0.2, 0) is 47.6 Å². The molecule has 0 aromatic carbocycles. The summed E-state index contributed by atoms with van der Waals surface area (Å²) in [6.45, 7) is 25.2. The van der Waals surface area contributed by atoms with Crippen molar-refractivity contribution in [3.8, 4) is 0 Å². The zero-order chi connectivity index (χ0) is 39.6. The van der Waals surface area contributed by atoms with Crippen molar-refractivity contribution < 1.29 is 47.6 Å². The fraction of sp³-hybridized carbons (Fsp3) is 0.864. The first-order valence-corrected chi connectivity index (χ1v) is 20.8. The predicted molar refractivity (Wildman–Crippen MR) is 201 cm³/mol. The van der Waals surface area contributed by atoms with Crippen LogP contribution in [0.4, 0.5) is 0 Å². The number of hydrogen-bond acceptors (Lipinski definition) is 10. The van der Waals surface area contributed by atoms with E-state index in [1.54, 1.807) is 6.92 Å². The van der Waals surface area contributed by atoms with Gasteiger partial charge in [-0.15, -0.1) is 0 Å². The Bertz CT molecular complexity index is 1490. The average molecular weight is 757 g/mol. The molecule has 1 heterocycles. The summed E-state index contributed by atoms with van der Waals surface area (Å²) in [4.78, 5) is 48.1. The van der Waals surface area contributed by atoms with Gasteiger partial charge in [-0.25, -0.2) is 0 Å². The number of fused-ring (bicyclic) bond motifs is 7. The molecule has 6 rings (SSSR count). The van der Waals surface area contributed by atoms with E-state index >= 15 is 0 Å². The number of hydrogen-bond donors (Lipinski definition) is 0. The fourth-order valence-electron chi connectivity index (χ4n) is 14.2. The molecular formula is C44H68O10. The Balaban J connectivity index is 1.23. The van der Waals surface area contributed by atoms with E-state index in [0.29, 0.717) is 36.2 Å². The Morgan fingerprint density at radius 2 is 1.39 bits per heavy atom. The Morgan fingerprint density at radius 3 is 2.02 bits per heavy atom. The smallest absolute Gasteiger partial charge is 0.303 e. The molecule has 0 bridgehead atoms. The van der Waals surface area contributed by atoms with Crippen LogP contribution in [0, 0.1) is 56.7 Å². The van der Waals surface area contributed by atoms with Crippen LogP contribution in [0.1, 0.15) is 140 Å². The van der Waals surface area contributed by atoms with Gasteiger partial charge in [-0.2, -0.15) is 0 Å². The summed E-state index contributed by atoms with van der Waals surface area (Å²) in [6.07, 6.45) is 7.95. The molecule has 0 aromatic heterocycles. The Kier molecular flexibility index (Phi) is 11.3. The molecule has 5 aliphatic carbocycles. The first-order chi connectivity index (χ1) is 25.2. The Labute approximate surface area is 323 Å². The second-order valence-corrected chi connectivity index (χ2v) is 19.7. The van der Waals surface area contributed by atoms with Crippen molar-refractivity contribution in [1.29, 1.82) is 0 Å². The van der Waals surface area contributed by atoms with E-state index < -0.39 is 42.5 Å². The minimum absolute atomic E-state index is 0.0478. The number of esters is 4. The van der Waals surface area contributed by atoms with Crippen LogP contribution in [0.25, 0.3) is 0 Å². The van der Waals surface area contributed by atoms with Crippen molar-refractivity contribution in [2.24, 2.45) is 56.7 Å². The van der Waals surface area contributed by atoms with Crippen LogP contribution in [0.5, 0.6) is 0 Å². The second kappa shape index (κ2) is 14.8. The maximum atomic E-state index is 12.2. The van der Waals surface area contributed by atoms with Gasteiger partial charge in [-0.05, 0) is 122 Å². The topological polar surface area (TPSA) is 124 Å². The third-order valence-corrected chi connectivity index (χ3v) is 16.6. The molecule has 5 saturated carbocycles. The molecule has 0 N–H and O–H groups in total. The molecule has 0 amide bonds. The number of carbonyl (C=O) groups is 4. The Morgan fingerprint density at radius 1 is 0.704 bits per heavy atom. The first-order valence-electron chi connectivity index (χ1n) is 20.8. The van der Waals surface area contributed by atoms with Crippen molar-refractivity contribution in [2.75, 3.05) is 13.2 Å². The number of ether oxygens (including phenoxy) is 6. The summed E-state index contributed by atoms with van der Waals surface area (Å²) in [5, 5.41) is 0. The van der Waals surface area contributed by atoms with E-state index in [1.165, 1.54) is 52.0 Å². The third-order valence-electron chi connectivity index (χ3n) is 16.6. The maximum Gasteiger partial charge on any atom is 0.303 e. The van der Waals surface area contributed by atoms with Gasteiger partial charge in [-0.1, -0.05) is 46.8 Å². The van der Waals surface area contributed by atoms with Crippen molar-refractivity contribution in [3.63, 3.8) is 0 Å². The summed E-state index contributed by atoms with van der Waals surface area (Å²) in [7, 11) is 0. The highest BCUT2D eigenvalue weighted by atomic mass is 16.7. The lowest BCUT2D eigenvalue weighted by Crippen LogP contribution is -2.67. The van der Waals surface area contributed by atoms with Gasteiger partial charge in [0, 0.05) is 39.5 Å². The fourth-order valence-corrected chi connectivity index (χ4v) is 14.2. The van der Waals surface area contributed by atoms with E-state index in [2.05, 4.69) is 48.1 Å².